The third-order valence-electron chi connectivity index (χ3n) is 5.54. The van der Waals surface area contributed by atoms with E-state index in [2.05, 4.69) is 62.4 Å². The van der Waals surface area contributed by atoms with Crippen molar-refractivity contribution in [1.82, 2.24) is 0 Å². The Bertz CT molecular complexity index is 1560. The number of rotatable bonds is 7. The van der Waals surface area contributed by atoms with Gasteiger partial charge >= 0.3 is 5.97 Å². The average molecular weight is 615 g/mol. The standard InChI is InChI=1S/C26H29O3S.C6H4F2O3S/c1-19-16-21(28-18-24(27)29-26(3,4)5)17-20(2)25(19)30(22-12-8-6-9-13-22)23-14-10-7-11-15-23;7-4-1-2-6(5(8)3-4)12(9,10)11/h6-17H,18H2,1-5H3;1-3H,(H,9,10,11)/q+1;/p-1. The van der Waals surface area contributed by atoms with Gasteiger partial charge in [0.25, 0.3) is 0 Å². The van der Waals surface area contributed by atoms with Crippen molar-refractivity contribution >= 4 is 27.0 Å². The van der Waals surface area contributed by atoms with Crippen molar-refractivity contribution in [2.45, 2.75) is 59.8 Å². The predicted octanol–water partition coefficient (Wildman–Crippen LogP) is 6.99. The highest BCUT2D eigenvalue weighted by atomic mass is 32.2. The molecule has 0 atom stereocenters. The molecule has 6 nitrogen and oxygen atoms in total. The summed E-state index contributed by atoms with van der Waals surface area (Å²) in [5.41, 5.74) is 1.77. The van der Waals surface area contributed by atoms with Crippen molar-refractivity contribution in [1.29, 1.82) is 0 Å². The van der Waals surface area contributed by atoms with Gasteiger partial charge in [-0.05, 0) is 83.1 Å². The normalized spacial score (nSPS) is 11.5. The summed E-state index contributed by atoms with van der Waals surface area (Å²) in [5, 5.41) is 0. The molecule has 0 saturated heterocycles. The third kappa shape index (κ3) is 9.40. The second kappa shape index (κ2) is 14.0. The molecule has 0 aliphatic heterocycles. The Kier molecular flexibility index (Phi) is 10.9. The molecule has 0 spiro atoms. The summed E-state index contributed by atoms with van der Waals surface area (Å²) in [6, 6.07) is 26.8. The lowest BCUT2D eigenvalue weighted by atomic mass is 10.1. The molecule has 0 heterocycles. The summed E-state index contributed by atoms with van der Waals surface area (Å²) in [5.74, 6) is -1.98. The van der Waals surface area contributed by atoms with Crippen LogP contribution >= 0.6 is 0 Å². The number of hydrogen-bond acceptors (Lipinski definition) is 6. The minimum absolute atomic E-state index is 0.0986. The van der Waals surface area contributed by atoms with Gasteiger partial charge in [0.2, 0.25) is 0 Å². The molecule has 10 heteroatoms. The van der Waals surface area contributed by atoms with Crippen LogP contribution in [-0.4, -0.2) is 31.1 Å². The van der Waals surface area contributed by atoms with E-state index in [1.807, 2.05) is 45.0 Å². The molecule has 0 saturated carbocycles. The quantitative estimate of drug-likeness (QED) is 0.127. The molecule has 0 aliphatic rings. The van der Waals surface area contributed by atoms with Crippen LogP contribution in [-0.2, 0) is 30.5 Å². The molecule has 0 amide bonds. The van der Waals surface area contributed by atoms with E-state index < -0.39 is 32.2 Å². The van der Waals surface area contributed by atoms with Gasteiger partial charge in [0.05, 0.1) is 15.8 Å². The Morgan fingerprint density at radius 2 is 1.33 bits per heavy atom. The minimum atomic E-state index is -4.84. The Balaban J connectivity index is 0.000000337. The van der Waals surface area contributed by atoms with Crippen LogP contribution in [0, 0.1) is 25.5 Å². The Hall–Kier alpha value is -3.73. The summed E-state index contributed by atoms with van der Waals surface area (Å²) in [4.78, 5) is 14.8. The fraction of sp³-hybridized carbons (Fsp3) is 0.219. The molecule has 222 valence electrons. The summed E-state index contributed by atoms with van der Waals surface area (Å²) >= 11 is 0. The van der Waals surface area contributed by atoms with Crippen LogP contribution in [0.15, 0.2) is 111 Å². The summed E-state index contributed by atoms with van der Waals surface area (Å²) in [7, 11) is -5.06. The maximum Gasteiger partial charge on any atom is 0.344 e. The lowest BCUT2D eigenvalue weighted by molar-refractivity contribution is -0.157. The monoisotopic (exact) mass is 614 g/mol. The summed E-state index contributed by atoms with van der Waals surface area (Å²) in [6.07, 6.45) is 0. The molecular formula is C32H32F2O6S2. The number of carbonyl (C=O) groups excluding carboxylic acids is 1. The Morgan fingerprint density at radius 1 is 0.833 bits per heavy atom. The Morgan fingerprint density at radius 3 is 1.76 bits per heavy atom. The van der Waals surface area contributed by atoms with Crippen LogP contribution in [0.1, 0.15) is 31.9 Å². The largest absolute Gasteiger partial charge is 0.744 e. The smallest absolute Gasteiger partial charge is 0.344 e. The first-order valence-corrected chi connectivity index (χ1v) is 15.5. The molecule has 4 aromatic rings. The average Bonchev–Trinajstić information content (AvgIpc) is 2.89. The van der Waals surface area contributed by atoms with E-state index in [1.165, 1.54) is 14.7 Å². The van der Waals surface area contributed by atoms with Gasteiger partial charge in [-0.25, -0.2) is 22.0 Å². The zero-order chi connectivity index (χ0) is 31.1. The fourth-order valence-corrected chi connectivity index (χ4v) is 6.89. The molecular weight excluding hydrogens is 582 g/mol. The lowest BCUT2D eigenvalue weighted by Crippen LogP contribution is -2.27. The van der Waals surface area contributed by atoms with Gasteiger partial charge in [0, 0.05) is 17.2 Å². The fourth-order valence-electron chi connectivity index (χ4n) is 3.99. The summed E-state index contributed by atoms with van der Waals surface area (Å²) < 4.78 is 66.6. The molecule has 0 aliphatic carbocycles. The number of ether oxygens (including phenoxy) is 2. The highest BCUT2D eigenvalue weighted by Gasteiger charge is 2.32. The van der Waals surface area contributed by atoms with E-state index >= 15 is 0 Å². The first-order valence-electron chi connectivity index (χ1n) is 12.9. The molecule has 0 N–H and O–H groups in total. The molecule has 0 bridgehead atoms. The first-order chi connectivity index (χ1) is 19.7. The number of carbonyl (C=O) groups is 1. The highest BCUT2D eigenvalue weighted by Crippen LogP contribution is 2.37. The van der Waals surface area contributed by atoms with Crippen LogP contribution in [0.2, 0.25) is 0 Å². The molecule has 0 aromatic heterocycles. The van der Waals surface area contributed by atoms with Gasteiger partial charge in [-0.3, -0.25) is 0 Å². The summed E-state index contributed by atoms with van der Waals surface area (Å²) in [6.45, 7) is 9.66. The van der Waals surface area contributed by atoms with Gasteiger partial charge < -0.3 is 14.0 Å². The maximum absolute atomic E-state index is 12.5. The van der Waals surface area contributed by atoms with Crippen LogP contribution in [0.4, 0.5) is 8.78 Å². The first kappa shape index (κ1) is 32.8. The number of hydrogen-bond donors (Lipinski definition) is 0. The van der Waals surface area contributed by atoms with Crippen LogP contribution in [0.3, 0.4) is 0 Å². The number of esters is 1. The van der Waals surface area contributed by atoms with Crippen LogP contribution < -0.4 is 4.74 Å². The molecule has 0 radical (unpaired) electrons. The van der Waals surface area contributed by atoms with Crippen LogP contribution in [0.25, 0.3) is 0 Å². The van der Waals surface area contributed by atoms with E-state index in [4.69, 9.17) is 9.47 Å². The van der Waals surface area contributed by atoms with E-state index in [1.54, 1.807) is 0 Å². The minimum Gasteiger partial charge on any atom is -0.744 e. The van der Waals surface area contributed by atoms with Gasteiger partial charge in [-0.2, -0.15) is 0 Å². The maximum atomic E-state index is 12.5. The topological polar surface area (TPSA) is 92.7 Å². The zero-order valence-electron chi connectivity index (χ0n) is 23.9. The van der Waals surface area contributed by atoms with Gasteiger partial charge in [0.1, 0.15) is 33.1 Å². The molecule has 4 aromatic carbocycles. The second-order valence-electron chi connectivity index (χ2n) is 10.2. The molecule has 4 rings (SSSR count). The van der Waals surface area contributed by atoms with E-state index in [9.17, 15) is 26.5 Å². The zero-order valence-corrected chi connectivity index (χ0v) is 25.5. The van der Waals surface area contributed by atoms with Crippen molar-refractivity contribution in [3.05, 3.63) is 114 Å². The van der Waals surface area contributed by atoms with Crippen molar-refractivity contribution in [3.63, 3.8) is 0 Å². The Labute approximate surface area is 248 Å². The van der Waals surface area contributed by atoms with Gasteiger partial charge in [-0.15, -0.1) is 0 Å². The van der Waals surface area contributed by atoms with Crippen LogP contribution in [0.5, 0.6) is 5.75 Å². The van der Waals surface area contributed by atoms with Crippen molar-refractivity contribution in [2.75, 3.05) is 6.61 Å². The number of benzene rings is 4. The van der Waals surface area contributed by atoms with Gasteiger partial charge in [0.15, 0.2) is 21.3 Å². The van der Waals surface area contributed by atoms with Crippen molar-refractivity contribution < 1.29 is 36.0 Å². The highest BCUT2D eigenvalue weighted by molar-refractivity contribution is 7.97. The van der Waals surface area contributed by atoms with Crippen molar-refractivity contribution in [2.24, 2.45) is 0 Å². The number of halogens is 2. The van der Waals surface area contributed by atoms with Crippen molar-refractivity contribution in [3.8, 4) is 5.75 Å². The molecule has 42 heavy (non-hydrogen) atoms. The van der Waals surface area contributed by atoms with Gasteiger partial charge in [-0.1, -0.05) is 36.4 Å². The molecule has 0 fully saturated rings. The van der Waals surface area contributed by atoms with E-state index in [0.29, 0.717) is 23.9 Å². The van der Waals surface area contributed by atoms with E-state index in [0.717, 1.165) is 11.1 Å². The number of aryl methyl sites for hydroxylation is 2. The molecule has 0 unspecified atom stereocenters. The lowest BCUT2D eigenvalue weighted by Gasteiger charge is -2.19. The predicted molar refractivity (Wildman–Crippen MR) is 157 cm³/mol. The second-order valence-corrected chi connectivity index (χ2v) is 13.5. The third-order valence-corrected chi connectivity index (χ3v) is 8.94. The van der Waals surface area contributed by atoms with E-state index in [-0.39, 0.29) is 23.5 Å². The SMILES string of the molecule is Cc1cc(OCC(=O)OC(C)(C)C)cc(C)c1[S+](c1ccccc1)c1ccccc1.O=S(=O)([O-])c1ccc(F)cc1F.